The van der Waals surface area contributed by atoms with Crippen LogP contribution in [0.2, 0.25) is 0 Å². The molecule has 0 spiro atoms. The predicted octanol–water partition coefficient (Wildman–Crippen LogP) is 24.9. The van der Waals surface area contributed by atoms with Crippen molar-refractivity contribution < 1.29 is 42.1 Å². The van der Waals surface area contributed by atoms with E-state index in [1.807, 2.05) is 21.1 Å². The molecule has 0 heterocycles. The van der Waals surface area contributed by atoms with Crippen LogP contribution in [0.5, 0.6) is 0 Å². The number of esters is 2. The number of rotatable bonds is 68. The summed E-state index contributed by atoms with van der Waals surface area (Å²) in [4.78, 5) is 35.9. The minimum Gasteiger partial charge on any atom is -0.462 e. The summed E-state index contributed by atoms with van der Waals surface area (Å²) >= 11 is 0. The van der Waals surface area contributed by atoms with Crippen LogP contribution < -0.4 is 0 Å². The average Bonchev–Trinajstić information content (AvgIpc) is 2.14. The molecule has 0 bridgehead atoms. The third kappa shape index (κ3) is 74.9. The van der Waals surface area contributed by atoms with Gasteiger partial charge in [-0.25, -0.2) is 4.57 Å². The fraction of sp³-hybridized carbons (Fsp3) is 0.683. The first-order valence-corrected chi connectivity index (χ1v) is 39.1. The first kappa shape index (κ1) is 87.9. The van der Waals surface area contributed by atoms with E-state index >= 15 is 0 Å². The van der Waals surface area contributed by atoms with Gasteiger partial charge in [0.05, 0.1) is 27.7 Å². The van der Waals surface area contributed by atoms with Gasteiger partial charge in [-0.2, -0.15) is 0 Å². The molecule has 0 aliphatic heterocycles. The first-order chi connectivity index (χ1) is 45.0. The number of unbranched alkanes of at least 4 members (excludes halogenated alkanes) is 30. The van der Waals surface area contributed by atoms with Crippen LogP contribution in [0.3, 0.4) is 0 Å². The van der Waals surface area contributed by atoms with Crippen LogP contribution in [0.15, 0.2) is 146 Å². The maximum absolute atomic E-state index is 12.9. The first-order valence-electron chi connectivity index (χ1n) is 37.6. The van der Waals surface area contributed by atoms with E-state index < -0.39 is 26.5 Å². The van der Waals surface area contributed by atoms with E-state index in [0.717, 1.165) is 122 Å². The number of ether oxygens (including phenoxy) is 2. The van der Waals surface area contributed by atoms with Gasteiger partial charge in [-0.1, -0.05) is 327 Å². The smallest absolute Gasteiger partial charge is 0.462 e. The van der Waals surface area contributed by atoms with Crippen molar-refractivity contribution in [2.24, 2.45) is 0 Å². The zero-order chi connectivity index (χ0) is 66.9. The molecular weight excluding hydrogens is 1160 g/mol. The second kappa shape index (κ2) is 71.2. The Hall–Kier alpha value is -4.11. The van der Waals surface area contributed by atoms with Gasteiger partial charge < -0.3 is 18.9 Å². The van der Waals surface area contributed by atoms with Crippen LogP contribution in [-0.4, -0.2) is 74.9 Å². The number of carbonyl (C=O) groups is 2. The number of likely N-dealkylation sites (N-methyl/N-ethyl adjacent to an activating group) is 1. The Morgan fingerprint density at radius 2 is 0.587 bits per heavy atom. The number of hydrogen-bond donors (Lipinski definition) is 1. The van der Waals surface area contributed by atoms with Crippen molar-refractivity contribution >= 4 is 19.8 Å². The van der Waals surface area contributed by atoms with E-state index in [1.165, 1.54) is 154 Å². The third-order valence-electron chi connectivity index (χ3n) is 15.9. The largest absolute Gasteiger partial charge is 0.472 e. The quantitative estimate of drug-likeness (QED) is 0.0211. The van der Waals surface area contributed by atoms with Crippen LogP contribution in [0, 0.1) is 0 Å². The van der Waals surface area contributed by atoms with Crippen LogP contribution >= 0.6 is 7.82 Å². The summed E-state index contributed by atoms with van der Waals surface area (Å²) in [5, 5.41) is 0. The van der Waals surface area contributed by atoms with Gasteiger partial charge in [0.25, 0.3) is 0 Å². The van der Waals surface area contributed by atoms with Gasteiger partial charge in [0.1, 0.15) is 19.8 Å². The highest BCUT2D eigenvalue weighted by Crippen LogP contribution is 2.43. The van der Waals surface area contributed by atoms with Crippen LogP contribution in [-0.2, 0) is 32.7 Å². The minimum absolute atomic E-state index is 0.0264. The number of quaternary nitrogens is 1. The number of phosphoric ester groups is 1. The maximum atomic E-state index is 12.9. The van der Waals surface area contributed by atoms with E-state index in [4.69, 9.17) is 18.5 Å². The van der Waals surface area contributed by atoms with Gasteiger partial charge in [-0.05, 0) is 116 Å². The Labute approximate surface area is 567 Å². The van der Waals surface area contributed by atoms with Crippen molar-refractivity contribution in [3.05, 3.63) is 146 Å². The number of nitrogens with zero attached hydrogens (tertiary/aromatic N) is 1. The molecule has 92 heavy (non-hydrogen) atoms. The highest BCUT2D eigenvalue weighted by molar-refractivity contribution is 7.47. The molecule has 526 valence electrons. The Morgan fingerprint density at radius 1 is 0.337 bits per heavy atom. The van der Waals surface area contributed by atoms with Crippen LogP contribution in [0.4, 0.5) is 0 Å². The Bertz CT molecular complexity index is 2070. The van der Waals surface area contributed by atoms with Crippen molar-refractivity contribution in [3.63, 3.8) is 0 Å². The molecule has 0 saturated heterocycles. The summed E-state index contributed by atoms with van der Waals surface area (Å²) in [5.41, 5.74) is 0. The van der Waals surface area contributed by atoms with Crippen LogP contribution in [0.25, 0.3) is 0 Å². The molecule has 0 amide bonds. The fourth-order valence-electron chi connectivity index (χ4n) is 10.2. The molecule has 9 nitrogen and oxygen atoms in total. The number of allylic oxidation sites excluding steroid dienone is 24. The van der Waals surface area contributed by atoms with Gasteiger partial charge >= 0.3 is 19.8 Å². The van der Waals surface area contributed by atoms with Gasteiger partial charge in [-0.15, -0.1) is 0 Å². The lowest BCUT2D eigenvalue weighted by Gasteiger charge is -2.24. The van der Waals surface area contributed by atoms with Gasteiger partial charge in [-0.3, -0.25) is 18.6 Å². The topological polar surface area (TPSA) is 108 Å². The summed E-state index contributed by atoms with van der Waals surface area (Å²) in [6.07, 6.45) is 105. The molecule has 0 radical (unpaired) electrons. The van der Waals surface area contributed by atoms with Crippen LogP contribution in [0.1, 0.15) is 309 Å². The summed E-state index contributed by atoms with van der Waals surface area (Å²) in [6.45, 7) is 4.22. The molecule has 0 aromatic rings. The number of phosphoric acid groups is 1. The molecule has 0 aromatic heterocycles. The van der Waals surface area contributed by atoms with E-state index in [9.17, 15) is 19.0 Å². The molecule has 10 heteroatoms. The SMILES string of the molecule is CC/C=C\C/C=C\C/C=C\C/C=C\C/C=C\C/C=C\CCCCCCCCCCCCCCCCCCCCCCC(=O)OC(COC(=O)CCCCCCCCCCCC/C=C\C/C=C\C/C=C\C/C=C\C/C=C\C/C=C\CC)COP(=O)(O)OCC[N+](C)(C)C. The van der Waals surface area contributed by atoms with Crippen molar-refractivity contribution in [1.29, 1.82) is 0 Å². The number of hydrogen-bond acceptors (Lipinski definition) is 7. The van der Waals surface area contributed by atoms with Gasteiger partial charge in [0.15, 0.2) is 6.10 Å². The second-order valence-corrected chi connectivity index (χ2v) is 27.4. The van der Waals surface area contributed by atoms with Crippen molar-refractivity contribution in [3.8, 4) is 0 Å². The summed E-state index contributed by atoms with van der Waals surface area (Å²) in [7, 11) is 1.47. The summed E-state index contributed by atoms with van der Waals surface area (Å²) in [6, 6.07) is 0. The summed E-state index contributed by atoms with van der Waals surface area (Å²) < 4.78 is 34.8. The molecule has 0 saturated carbocycles. The van der Waals surface area contributed by atoms with Crippen molar-refractivity contribution in [1.82, 2.24) is 0 Å². The van der Waals surface area contributed by atoms with Gasteiger partial charge in [0, 0.05) is 12.8 Å². The minimum atomic E-state index is -4.40. The molecule has 2 atom stereocenters. The molecule has 0 aliphatic carbocycles. The monoisotopic (exact) mass is 1300 g/mol. The van der Waals surface area contributed by atoms with Gasteiger partial charge in [0.2, 0.25) is 0 Å². The van der Waals surface area contributed by atoms with Crippen molar-refractivity contribution in [2.75, 3.05) is 47.5 Å². The lowest BCUT2D eigenvalue weighted by Crippen LogP contribution is -2.37. The molecular formula is C82H141NO8P+. The summed E-state index contributed by atoms with van der Waals surface area (Å²) in [5.74, 6) is -0.799. The second-order valence-electron chi connectivity index (χ2n) is 25.9. The maximum Gasteiger partial charge on any atom is 0.472 e. The van der Waals surface area contributed by atoms with E-state index in [1.54, 1.807) is 0 Å². The zero-order valence-corrected chi connectivity index (χ0v) is 60.9. The average molecular weight is 1300 g/mol. The molecule has 0 rings (SSSR count). The van der Waals surface area contributed by atoms with E-state index in [-0.39, 0.29) is 32.0 Å². The fourth-order valence-corrected chi connectivity index (χ4v) is 10.9. The highest BCUT2D eigenvalue weighted by atomic mass is 31.2. The normalized spacial score (nSPS) is 13.9. The molecule has 1 N–H and O–H groups in total. The van der Waals surface area contributed by atoms with E-state index in [0.29, 0.717) is 17.4 Å². The van der Waals surface area contributed by atoms with E-state index in [2.05, 4.69) is 160 Å². The lowest BCUT2D eigenvalue weighted by atomic mass is 10.0. The standard InChI is InChI=1S/C82H140NO8P/c1-6-8-10-12-14-16-18-20-22-24-26-28-30-32-34-36-37-38-39-40-41-42-43-44-45-47-49-51-53-55-57-59-61-63-65-67-69-71-73-75-82(85)91-80(79-90-92(86,87)89-77-76-83(3,4)5)78-88-81(84)74-72-70-68-66-64-62-60-58-56-54-52-50-48-46-35-33-31-29-27-25-23-21-19-17-15-13-11-9-7-2/h8-11,14-17,20-23,26-29,32-35,37-38,48,50,80H,6-7,12-13,18-19,24-25,30-31,36,39-47,49,51-79H2,1-5H3/p+1/b10-8-,11-9-,16-14-,17-15-,22-20-,23-21-,28-26-,29-27-,34-32-,35-33-,38-37-,50-48-. The lowest BCUT2D eigenvalue weighted by molar-refractivity contribution is -0.870. The molecule has 0 aliphatic rings. The molecule has 0 fully saturated rings. The molecule has 2 unspecified atom stereocenters. The number of carbonyl (C=O) groups excluding carboxylic acids is 2. The van der Waals surface area contributed by atoms with Crippen molar-refractivity contribution in [2.45, 2.75) is 315 Å². The molecule has 0 aromatic carbocycles. The third-order valence-corrected chi connectivity index (χ3v) is 16.8. The Balaban J connectivity index is 4.01. The Kier molecular flexibility index (Phi) is 68.0. The Morgan fingerprint density at radius 3 is 0.870 bits per heavy atom. The highest BCUT2D eigenvalue weighted by Gasteiger charge is 2.27. The predicted molar refractivity (Wildman–Crippen MR) is 399 cm³/mol. The zero-order valence-electron chi connectivity index (χ0n) is 60.0.